The lowest BCUT2D eigenvalue weighted by Crippen LogP contribution is -2.27. The van der Waals surface area contributed by atoms with Gasteiger partial charge in [-0.05, 0) is 54.4 Å². The Morgan fingerprint density at radius 3 is 2.47 bits per heavy atom. The van der Waals surface area contributed by atoms with Gasteiger partial charge in [0.05, 0.1) is 24.8 Å². The molecule has 220 valence electrons. The molecule has 0 saturated heterocycles. The maximum atomic E-state index is 13.7. The van der Waals surface area contributed by atoms with Crippen molar-refractivity contribution in [2.75, 3.05) is 34.8 Å². The van der Waals surface area contributed by atoms with Crippen LogP contribution in [-0.4, -0.2) is 72.9 Å². The molecule has 0 N–H and O–H groups in total. The summed E-state index contributed by atoms with van der Waals surface area (Å²) in [5.41, 5.74) is 7.09. The van der Waals surface area contributed by atoms with Gasteiger partial charge in [0, 0.05) is 55.6 Å². The number of hydrogen-bond acceptors (Lipinski definition) is 7. The summed E-state index contributed by atoms with van der Waals surface area (Å²) < 4.78 is 34.4. The minimum Gasteiger partial charge on any atom is -0.496 e. The van der Waals surface area contributed by atoms with E-state index in [0.29, 0.717) is 27.9 Å². The van der Waals surface area contributed by atoms with Crippen LogP contribution in [0.4, 0.5) is 0 Å². The number of methoxy groups -OCH3 is 1. The summed E-state index contributed by atoms with van der Waals surface area (Å²) in [7, 11) is 3.33. The van der Waals surface area contributed by atoms with E-state index in [2.05, 4.69) is 23.0 Å². The van der Waals surface area contributed by atoms with E-state index in [9.17, 15) is 13.2 Å². The zero-order chi connectivity index (χ0) is 30.3. The largest absolute Gasteiger partial charge is 0.496 e. The summed E-state index contributed by atoms with van der Waals surface area (Å²) in [5.74, 6) is 0.493. The zero-order valence-electron chi connectivity index (χ0n) is 24.6. The van der Waals surface area contributed by atoms with Gasteiger partial charge in [-0.1, -0.05) is 42.5 Å². The standard InChI is InChI=1S/C33H33N5O4S/c1-36(2)33(39)24-12-10-23(11-13-24)28-20-38(43(40,41)21-22-8-6-5-7-9-22)32-31(28)35-29(18-34-32)26-16-25-14-15-37(3)19-27(25)30(17-26)42-4/h5-13,16-18,20H,14-15,19,21H2,1-4H3. The fourth-order valence-electron chi connectivity index (χ4n) is 5.53. The van der Waals surface area contributed by atoms with E-state index in [0.717, 1.165) is 36.4 Å². The van der Waals surface area contributed by atoms with Gasteiger partial charge >= 0.3 is 0 Å². The van der Waals surface area contributed by atoms with Gasteiger partial charge in [-0.15, -0.1) is 0 Å². The van der Waals surface area contributed by atoms with Crippen LogP contribution in [0.2, 0.25) is 0 Å². The Balaban J connectivity index is 1.50. The van der Waals surface area contributed by atoms with Crippen molar-refractivity contribution in [1.82, 2.24) is 23.7 Å². The highest BCUT2D eigenvalue weighted by Gasteiger charge is 2.24. The van der Waals surface area contributed by atoms with E-state index in [4.69, 9.17) is 9.72 Å². The number of fused-ring (bicyclic) bond motifs is 2. The first kappa shape index (κ1) is 28.6. The monoisotopic (exact) mass is 595 g/mol. The first-order valence-electron chi connectivity index (χ1n) is 14.0. The second-order valence-corrected chi connectivity index (χ2v) is 12.9. The van der Waals surface area contributed by atoms with Gasteiger partial charge in [-0.25, -0.2) is 22.4 Å². The summed E-state index contributed by atoms with van der Waals surface area (Å²) in [5, 5.41) is 0. The molecule has 1 aliphatic rings. The molecule has 3 heterocycles. The van der Waals surface area contributed by atoms with E-state index in [1.165, 1.54) is 20.0 Å². The van der Waals surface area contributed by atoms with Crippen LogP contribution in [-0.2, 0) is 28.7 Å². The number of amides is 1. The number of carbonyl (C=O) groups excluding carboxylic acids is 1. The predicted octanol–water partition coefficient (Wildman–Crippen LogP) is 4.84. The van der Waals surface area contributed by atoms with Crippen molar-refractivity contribution in [3.05, 3.63) is 101 Å². The van der Waals surface area contributed by atoms with Crippen molar-refractivity contribution >= 4 is 27.1 Å². The Kier molecular flexibility index (Phi) is 7.49. The first-order chi connectivity index (χ1) is 20.6. The molecular weight excluding hydrogens is 562 g/mol. The second-order valence-electron chi connectivity index (χ2n) is 11.1. The van der Waals surface area contributed by atoms with Crippen LogP contribution in [0.3, 0.4) is 0 Å². The average molecular weight is 596 g/mol. The van der Waals surface area contributed by atoms with Crippen molar-refractivity contribution < 1.29 is 17.9 Å². The topological polar surface area (TPSA) is 97.6 Å². The minimum atomic E-state index is -3.84. The Labute approximate surface area is 251 Å². The Bertz CT molecular complexity index is 1920. The summed E-state index contributed by atoms with van der Waals surface area (Å²) in [6, 6.07) is 20.3. The molecule has 0 unspecified atom stereocenters. The second kappa shape index (κ2) is 11.3. The van der Waals surface area contributed by atoms with Crippen molar-refractivity contribution in [3.8, 4) is 28.1 Å². The van der Waals surface area contributed by atoms with Gasteiger partial charge in [-0.2, -0.15) is 0 Å². The molecular formula is C33H33N5O4S. The van der Waals surface area contributed by atoms with Crippen LogP contribution < -0.4 is 4.74 Å². The van der Waals surface area contributed by atoms with Gasteiger partial charge < -0.3 is 14.5 Å². The summed E-state index contributed by atoms with van der Waals surface area (Å²) in [6.45, 7) is 1.75. The number of ether oxygens (including phenoxy) is 1. The van der Waals surface area contributed by atoms with Crippen molar-refractivity contribution in [1.29, 1.82) is 0 Å². The normalized spacial score (nSPS) is 13.6. The van der Waals surface area contributed by atoms with Crippen LogP contribution in [0.15, 0.2) is 79.1 Å². The van der Waals surface area contributed by atoms with Crippen molar-refractivity contribution in [2.24, 2.45) is 0 Å². The Morgan fingerprint density at radius 1 is 1.02 bits per heavy atom. The Hall–Kier alpha value is -4.54. The quantitative estimate of drug-likeness (QED) is 0.266. The molecule has 6 rings (SSSR count). The van der Waals surface area contributed by atoms with E-state index in [1.54, 1.807) is 57.9 Å². The van der Waals surface area contributed by atoms with Crippen molar-refractivity contribution in [2.45, 2.75) is 18.7 Å². The summed E-state index contributed by atoms with van der Waals surface area (Å²) >= 11 is 0. The molecule has 1 amide bonds. The fourth-order valence-corrected chi connectivity index (χ4v) is 6.94. The third-order valence-electron chi connectivity index (χ3n) is 7.81. The van der Waals surface area contributed by atoms with E-state index in [1.807, 2.05) is 36.4 Å². The third-order valence-corrected chi connectivity index (χ3v) is 9.39. The molecule has 3 aromatic carbocycles. The lowest BCUT2D eigenvalue weighted by molar-refractivity contribution is 0.0827. The SMILES string of the molecule is COc1cc(-c2cnc3c(n2)c(-c2ccc(C(=O)N(C)C)cc2)cn3S(=O)(=O)Cc2ccccc2)cc2c1CN(C)CC2. The van der Waals surface area contributed by atoms with Crippen molar-refractivity contribution in [3.63, 3.8) is 0 Å². The molecule has 5 aromatic rings. The van der Waals surface area contributed by atoms with Crippen LogP contribution in [0.25, 0.3) is 33.5 Å². The number of carbonyl (C=O) groups is 1. The number of hydrogen-bond donors (Lipinski definition) is 0. The van der Waals surface area contributed by atoms with Gasteiger partial charge in [-0.3, -0.25) is 4.79 Å². The molecule has 1 aliphatic heterocycles. The number of likely N-dealkylation sites (N-methyl/N-ethyl adjacent to an activating group) is 1. The number of aromatic nitrogens is 3. The van der Waals surface area contributed by atoms with E-state index in [-0.39, 0.29) is 17.3 Å². The maximum absolute atomic E-state index is 13.7. The first-order valence-corrected chi connectivity index (χ1v) is 15.6. The van der Waals surface area contributed by atoms with Crippen LogP contribution >= 0.6 is 0 Å². The third kappa shape index (κ3) is 5.51. The van der Waals surface area contributed by atoms with E-state index >= 15 is 0 Å². The minimum absolute atomic E-state index is 0.117. The van der Waals surface area contributed by atoms with Crippen LogP contribution in [0.5, 0.6) is 5.75 Å². The highest BCUT2D eigenvalue weighted by molar-refractivity contribution is 7.89. The molecule has 2 aromatic heterocycles. The highest BCUT2D eigenvalue weighted by Crippen LogP contribution is 2.36. The molecule has 10 heteroatoms. The maximum Gasteiger partial charge on any atom is 0.253 e. The van der Waals surface area contributed by atoms with Crippen LogP contribution in [0, 0.1) is 0 Å². The van der Waals surface area contributed by atoms with Crippen LogP contribution in [0.1, 0.15) is 27.0 Å². The lowest BCUT2D eigenvalue weighted by Gasteiger charge is -2.27. The molecule has 9 nitrogen and oxygen atoms in total. The number of benzene rings is 3. The molecule has 0 bridgehead atoms. The van der Waals surface area contributed by atoms with Gasteiger partial charge in [0.15, 0.2) is 5.65 Å². The van der Waals surface area contributed by atoms with E-state index < -0.39 is 10.0 Å². The molecule has 43 heavy (non-hydrogen) atoms. The Morgan fingerprint density at radius 2 is 1.77 bits per heavy atom. The van der Waals surface area contributed by atoms with Gasteiger partial charge in [0.25, 0.3) is 5.91 Å². The predicted molar refractivity (Wildman–Crippen MR) is 167 cm³/mol. The molecule has 0 saturated carbocycles. The van der Waals surface area contributed by atoms with Gasteiger partial charge in [0.1, 0.15) is 11.3 Å². The highest BCUT2D eigenvalue weighted by atomic mass is 32.2. The average Bonchev–Trinajstić information content (AvgIpc) is 3.40. The smallest absolute Gasteiger partial charge is 0.253 e. The molecule has 0 fully saturated rings. The molecule has 0 aliphatic carbocycles. The number of rotatable bonds is 7. The zero-order valence-corrected chi connectivity index (χ0v) is 25.4. The molecule has 0 spiro atoms. The molecule has 0 radical (unpaired) electrons. The summed E-state index contributed by atoms with van der Waals surface area (Å²) in [4.78, 5) is 25.9. The molecule has 0 atom stereocenters. The summed E-state index contributed by atoms with van der Waals surface area (Å²) in [6.07, 6.45) is 4.09. The number of nitrogens with zero attached hydrogens (tertiary/aromatic N) is 5. The van der Waals surface area contributed by atoms with Gasteiger partial charge in [0.2, 0.25) is 10.0 Å². The fraction of sp³-hybridized carbons (Fsp3) is 0.242. The lowest BCUT2D eigenvalue weighted by atomic mass is 9.95.